The van der Waals surface area contributed by atoms with E-state index in [4.69, 9.17) is 4.52 Å². The zero-order valence-corrected chi connectivity index (χ0v) is 14.5. The summed E-state index contributed by atoms with van der Waals surface area (Å²) in [6.07, 6.45) is 2.24. The van der Waals surface area contributed by atoms with E-state index in [0.717, 1.165) is 12.0 Å². The fraction of sp³-hybridized carbons (Fsp3) is 0.222. The lowest BCUT2D eigenvalue weighted by Gasteiger charge is -2.07. The maximum atomic E-state index is 12.5. The number of rotatable bonds is 6. The van der Waals surface area contributed by atoms with Crippen molar-refractivity contribution in [2.75, 3.05) is 11.9 Å². The first kappa shape index (κ1) is 17.4. The van der Waals surface area contributed by atoms with Crippen LogP contribution in [0.15, 0.2) is 47.1 Å². The van der Waals surface area contributed by atoms with Crippen LogP contribution in [-0.2, 0) is 7.05 Å². The number of aryl methyl sites for hydroxylation is 1. The fourth-order valence-electron chi connectivity index (χ4n) is 2.43. The minimum Gasteiger partial charge on any atom is -0.355 e. The average Bonchev–Trinajstić information content (AvgIpc) is 3.28. The Morgan fingerprint density at radius 2 is 1.96 bits per heavy atom. The smallest absolute Gasteiger partial charge is 0.277 e. The average molecular weight is 353 g/mol. The molecule has 0 saturated carbocycles. The van der Waals surface area contributed by atoms with Gasteiger partial charge in [-0.15, -0.1) is 0 Å². The van der Waals surface area contributed by atoms with E-state index in [2.05, 4.69) is 20.9 Å². The normalized spacial score (nSPS) is 10.5. The number of anilines is 1. The lowest BCUT2D eigenvalue weighted by atomic mass is 10.1. The number of nitrogens with zero attached hydrogens (tertiary/aromatic N) is 3. The molecule has 0 aliphatic heterocycles. The molecule has 3 aromatic rings. The standard InChI is InChI=1S/C18H19N5O3/c1-3-9-19-18(25)16-14(11-20-23(16)2)21-17(24)13-10-15(26-22-13)12-7-5-4-6-8-12/h4-8,10-11H,3,9H2,1-2H3,(H,19,25)(H,21,24). The first-order valence-corrected chi connectivity index (χ1v) is 8.23. The molecule has 0 bridgehead atoms. The van der Waals surface area contributed by atoms with Gasteiger partial charge in [0.15, 0.2) is 11.5 Å². The maximum Gasteiger partial charge on any atom is 0.277 e. The van der Waals surface area contributed by atoms with Gasteiger partial charge in [-0.25, -0.2) is 0 Å². The molecular formula is C18H19N5O3. The molecule has 0 unspecified atom stereocenters. The highest BCUT2D eigenvalue weighted by atomic mass is 16.5. The molecule has 8 heteroatoms. The summed E-state index contributed by atoms with van der Waals surface area (Å²) in [7, 11) is 1.64. The molecule has 0 atom stereocenters. The molecule has 134 valence electrons. The van der Waals surface area contributed by atoms with E-state index >= 15 is 0 Å². The number of nitrogens with one attached hydrogen (secondary N) is 2. The Morgan fingerprint density at radius 1 is 1.19 bits per heavy atom. The maximum absolute atomic E-state index is 12.5. The van der Waals surface area contributed by atoms with Gasteiger partial charge >= 0.3 is 0 Å². The van der Waals surface area contributed by atoms with E-state index in [9.17, 15) is 9.59 Å². The Morgan fingerprint density at radius 3 is 2.69 bits per heavy atom. The highest BCUT2D eigenvalue weighted by Crippen LogP contribution is 2.21. The summed E-state index contributed by atoms with van der Waals surface area (Å²) in [6, 6.07) is 10.9. The fourth-order valence-corrected chi connectivity index (χ4v) is 2.43. The Labute approximate surface area is 150 Å². The van der Waals surface area contributed by atoms with Crippen LogP contribution in [0.4, 0.5) is 5.69 Å². The molecule has 0 fully saturated rings. The monoisotopic (exact) mass is 353 g/mol. The van der Waals surface area contributed by atoms with Gasteiger partial charge in [0.1, 0.15) is 5.69 Å². The number of hydrogen-bond acceptors (Lipinski definition) is 5. The van der Waals surface area contributed by atoms with Crippen molar-refractivity contribution >= 4 is 17.5 Å². The van der Waals surface area contributed by atoms with Crippen molar-refractivity contribution in [3.63, 3.8) is 0 Å². The molecule has 2 aromatic heterocycles. The molecule has 2 amide bonds. The predicted molar refractivity (Wildman–Crippen MR) is 95.7 cm³/mol. The zero-order chi connectivity index (χ0) is 18.5. The van der Waals surface area contributed by atoms with Crippen LogP contribution in [-0.4, -0.2) is 33.3 Å². The molecule has 0 aliphatic carbocycles. The Balaban J connectivity index is 1.77. The van der Waals surface area contributed by atoms with Crippen molar-refractivity contribution in [1.29, 1.82) is 0 Å². The number of carbonyl (C=O) groups excluding carboxylic acids is 2. The van der Waals surface area contributed by atoms with Crippen LogP contribution in [0.5, 0.6) is 0 Å². The van der Waals surface area contributed by atoms with Crippen LogP contribution in [0.25, 0.3) is 11.3 Å². The lowest BCUT2D eigenvalue weighted by Crippen LogP contribution is -2.27. The van der Waals surface area contributed by atoms with Gasteiger partial charge in [0.05, 0.1) is 11.9 Å². The second-order valence-electron chi connectivity index (χ2n) is 5.68. The number of aromatic nitrogens is 3. The third-order valence-corrected chi connectivity index (χ3v) is 3.74. The van der Waals surface area contributed by atoms with Crippen molar-refractivity contribution in [3.8, 4) is 11.3 Å². The Kier molecular flexibility index (Phi) is 5.12. The zero-order valence-electron chi connectivity index (χ0n) is 14.5. The SMILES string of the molecule is CCCNC(=O)c1c(NC(=O)c2cc(-c3ccccc3)on2)cnn1C. The van der Waals surface area contributed by atoms with Gasteiger partial charge < -0.3 is 15.2 Å². The third kappa shape index (κ3) is 3.64. The van der Waals surface area contributed by atoms with Gasteiger partial charge in [-0.1, -0.05) is 42.4 Å². The number of benzene rings is 1. The molecule has 0 radical (unpaired) electrons. The van der Waals surface area contributed by atoms with E-state index in [0.29, 0.717) is 18.0 Å². The summed E-state index contributed by atoms with van der Waals surface area (Å²) >= 11 is 0. The largest absolute Gasteiger partial charge is 0.355 e. The van der Waals surface area contributed by atoms with E-state index < -0.39 is 5.91 Å². The quantitative estimate of drug-likeness (QED) is 0.709. The highest BCUT2D eigenvalue weighted by molar-refractivity contribution is 6.07. The van der Waals surface area contributed by atoms with Gasteiger partial charge in [-0.2, -0.15) is 5.10 Å². The molecule has 3 rings (SSSR count). The molecule has 2 heterocycles. The molecule has 8 nitrogen and oxygen atoms in total. The minimum atomic E-state index is -0.478. The van der Waals surface area contributed by atoms with E-state index in [1.807, 2.05) is 37.3 Å². The molecule has 26 heavy (non-hydrogen) atoms. The van der Waals surface area contributed by atoms with Crippen molar-refractivity contribution in [2.24, 2.45) is 7.05 Å². The highest BCUT2D eigenvalue weighted by Gasteiger charge is 2.20. The first-order valence-electron chi connectivity index (χ1n) is 8.23. The number of amides is 2. The molecule has 0 aliphatic rings. The molecule has 2 N–H and O–H groups in total. The number of hydrogen-bond donors (Lipinski definition) is 2. The van der Waals surface area contributed by atoms with E-state index in [1.165, 1.54) is 10.9 Å². The predicted octanol–water partition coefficient (Wildman–Crippen LogP) is 2.47. The van der Waals surface area contributed by atoms with E-state index in [-0.39, 0.29) is 17.3 Å². The van der Waals surface area contributed by atoms with Gasteiger partial charge in [0.25, 0.3) is 11.8 Å². The Bertz CT molecular complexity index is 914. The molecule has 0 saturated heterocycles. The third-order valence-electron chi connectivity index (χ3n) is 3.74. The van der Waals surface area contributed by atoms with Crippen molar-refractivity contribution in [1.82, 2.24) is 20.3 Å². The Hall–Kier alpha value is -3.42. The summed E-state index contributed by atoms with van der Waals surface area (Å²) in [4.78, 5) is 24.7. The van der Waals surface area contributed by atoms with Crippen molar-refractivity contribution in [3.05, 3.63) is 54.0 Å². The summed E-state index contributed by atoms with van der Waals surface area (Å²) in [5, 5.41) is 13.3. The minimum absolute atomic E-state index is 0.118. The summed E-state index contributed by atoms with van der Waals surface area (Å²) in [6.45, 7) is 2.50. The van der Waals surface area contributed by atoms with Crippen LogP contribution >= 0.6 is 0 Å². The van der Waals surface area contributed by atoms with Crippen LogP contribution in [0.3, 0.4) is 0 Å². The van der Waals surface area contributed by atoms with Crippen LogP contribution in [0.2, 0.25) is 0 Å². The van der Waals surface area contributed by atoms with Crippen LogP contribution in [0, 0.1) is 0 Å². The summed E-state index contributed by atoms with van der Waals surface area (Å²) < 4.78 is 6.65. The van der Waals surface area contributed by atoms with Crippen LogP contribution < -0.4 is 10.6 Å². The van der Waals surface area contributed by atoms with Gasteiger partial charge in [0, 0.05) is 25.2 Å². The van der Waals surface area contributed by atoms with Gasteiger partial charge in [-0.3, -0.25) is 14.3 Å². The molecular weight excluding hydrogens is 334 g/mol. The second-order valence-corrected chi connectivity index (χ2v) is 5.68. The summed E-state index contributed by atoms with van der Waals surface area (Å²) in [5.41, 5.74) is 1.53. The lowest BCUT2D eigenvalue weighted by molar-refractivity contribution is 0.0945. The van der Waals surface area contributed by atoms with E-state index in [1.54, 1.807) is 13.1 Å². The van der Waals surface area contributed by atoms with Crippen molar-refractivity contribution in [2.45, 2.75) is 13.3 Å². The van der Waals surface area contributed by atoms with Crippen molar-refractivity contribution < 1.29 is 14.1 Å². The molecule has 1 aromatic carbocycles. The molecule has 0 spiro atoms. The summed E-state index contributed by atoms with van der Waals surface area (Å²) in [5.74, 6) is -0.288. The number of carbonyl (C=O) groups is 2. The second kappa shape index (κ2) is 7.64. The van der Waals surface area contributed by atoms with Gasteiger partial charge in [0.2, 0.25) is 0 Å². The first-order chi connectivity index (χ1) is 12.6. The van der Waals surface area contributed by atoms with Crippen LogP contribution in [0.1, 0.15) is 34.3 Å². The van der Waals surface area contributed by atoms with Gasteiger partial charge in [-0.05, 0) is 6.42 Å². The topological polar surface area (TPSA) is 102 Å².